The van der Waals surface area contributed by atoms with Gasteiger partial charge in [0.15, 0.2) is 4.80 Å². The van der Waals surface area contributed by atoms with Crippen LogP contribution < -0.4 is 24.5 Å². The number of hydrogen-bond donors (Lipinski definition) is 0. The van der Waals surface area contributed by atoms with Crippen LogP contribution in [0.4, 0.5) is 5.69 Å². The van der Waals surface area contributed by atoms with Crippen LogP contribution in [0.5, 0.6) is 5.75 Å². The molecule has 218 valence electrons. The zero-order valence-corrected chi connectivity index (χ0v) is 26.5. The van der Waals surface area contributed by atoms with Crippen molar-refractivity contribution in [3.8, 4) is 5.75 Å². The fourth-order valence-corrected chi connectivity index (χ4v) is 7.35. The number of esters is 1. The summed E-state index contributed by atoms with van der Waals surface area (Å²) in [6, 6.07) is 19.3. The van der Waals surface area contributed by atoms with Crippen molar-refractivity contribution >= 4 is 62.0 Å². The molecule has 8 nitrogen and oxygen atoms in total. The SMILES string of the molecule is CCOC(=O)C1=C(C)N=c2s/c(=C3/C(=O)N(Cc4ccccc4Cl)c4ccccc43)c(=O)n2[C@@H]1c1ccc(OC)c(Br)c1. The number of halogens is 2. The van der Waals surface area contributed by atoms with E-state index in [0.717, 1.165) is 16.9 Å². The molecule has 0 bridgehead atoms. The summed E-state index contributed by atoms with van der Waals surface area (Å²) in [6.07, 6.45) is 0. The van der Waals surface area contributed by atoms with Gasteiger partial charge in [0, 0.05) is 10.6 Å². The number of aromatic nitrogens is 1. The molecule has 1 amide bonds. The molecule has 0 saturated heterocycles. The lowest BCUT2D eigenvalue weighted by Crippen LogP contribution is -2.41. The second-order valence-corrected chi connectivity index (χ2v) is 12.1. The zero-order valence-electron chi connectivity index (χ0n) is 23.4. The molecule has 0 spiro atoms. The van der Waals surface area contributed by atoms with Gasteiger partial charge in [0.25, 0.3) is 11.5 Å². The lowest BCUT2D eigenvalue weighted by atomic mass is 9.96. The minimum atomic E-state index is -0.835. The van der Waals surface area contributed by atoms with Crippen LogP contribution >= 0.6 is 38.9 Å². The van der Waals surface area contributed by atoms with Gasteiger partial charge in [-0.25, -0.2) is 9.79 Å². The van der Waals surface area contributed by atoms with Crippen LogP contribution in [0.2, 0.25) is 5.02 Å². The van der Waals surface area contributed by atoms with Crippen LogP contribution in [0, 0.1) is 0 Å². The van der Waals surface area contributed by atoms with Crippen LogP contribution in [0.3, 0.4) is 0 Å². The first-order chi connectivity index (χ1) is 20.7. The molecular formula is C32H25BrClN3O5S. The Labute approximate surface area is 264 Å². The standard InChI is InChI=1S/C32H25BrClN3O5S/c1-4-42-31(40)25-17(2)35-32-37(27(25)18-13-14-24(41-3)21(33)15-18)30(39)28(43-32)26-20-10-6-8-12-23(20)36(29(26)38)16-19-9-5-7-11-22(19)34/h5-15,27H,4,16H2,1-3H3/b28-26+/t27-/m1/s1. The maximum absolute atomic E-state index is 14.4. The van der Waals surface area contributed by atoms with Gasteiger partial charge in [-0.2, -0.15) is 0 Å². The number of nitrogens with zero attached hydrogens (tertiary/aromatic N) is 3. The highest BCUT2D eigenvalue weighted by molar-refractivity contribution is 9.10. The molecular weight excluding hydrogens is 654 g/mol. The summed E-state index contributed by atoms with van der Waals surface area (Å²) in [6.45, 7) is 3.85. The number of para-hydroxylation sites is 1. The van der Waals surface area contributed by atoms with E-state index in [2.05, 4.69) is 20.9 Å². The van der Waals surface area contributed by atoms with Crippen molar-refractivity contribution in [2.75, 3.05) is 18.6 Å². The van der Waals surface area contributed by atoms with Gasteiger partial charge >= 0.3 is 5.97 Å². The van der Waals surface area contributed by atoms with Gasteiger partial charge in [0.05, 0.1) is 53.3 Å². The smallest absolute Gasteiger partial charge is 0.338 e. The highest BCUT2D eigenvalue weighted by atomic mass is 79.9. The van der Waals surface area contributed by atoms with Gasteiger partial charge < -0.3 is 14.4 Å². The van der Waals surface area contributed by atoms with Gasteiger partial charge in [0.1, 0.15) is 10.3 Å². The number of methoxy groups -OCH3 is 1. The highest BCUT2D eigenvalue weighted by Crippen LogP contribution is 2.38. The third-order valence-corrected chi connectivity index (χ3v) is 9.46. The fraction of sp³-hybridized carbons (Fsp3) is 0.188. The summed E-state index contributed by atoms with van der Waals surface area (Å²) in [4.78, 5) is 48.4. The van der Waals surface area contributed by atoms with E-state index in [4.69, 9.17) is 21.1 Å². The van der Waals surface area contributed by atoms with Crippen molar-refractivity contribution in [1.29, 1.82) is 0 Å². The molecule has 0 N–H and O–H groups in total. The first kappa shape index (κ1) is 29.1. The lowest BCUT2D eigenvalue weighted by Gasteiger charge is -2.25. The summed E-state index contributed by atoms with van der Waals surface area (Å²) < 4.78 is 13.2. The van der Waals surface area contributed by atoms with E-state index >= 15 is 0 Å². The second-order valence-electron chi connectivity index (χ2n) is 9.89. The summed E-state index contributed by atoms with van der Waals surface area (Å²) in [5.41, 5.74) is 3.33. The molecule has 3 heterocycles. The fourth-order valence-electron chi connectivity index (χ4n) is 5.46. The average molecular weight is 679 g/mol. The third kappa shape index (κ3) is 4.93. The number of amides is 1. The first-order valence-corrected chi connectivity index (χ1v) is 15.4. The van der Waals surface area contributed by atoms with Crippen molar-refractivity contribution < 1.29 is 19.1 Å². The number of thiazole rings is 1. The number of benzene rings is 3. The molecule has 0 aliphatic carbocycles. The van der Waals surface area contributed by atoms with Gasteiger partial charge in [-0.05, 0) is 65.2 Å². The topological polar surface area (TPSA) is 90.2 Å². The van der Waals surface area contributed by atoms with E-state index in [1.165, 1.54) is 4.57 Å². The number of carbonyl (C=O) groups excluding carboxylic acids is 2. The van der Waals surface area contributed by atoms with Crippen LogP contribution in [-0.2, 0) is 20.9 Å². The number of fused-ring (bicyclic) bond motifs is 2. The molecule has 2 aliphatic rings. The Morgan fingerprint density at radius 3 is 2.56 bits per heavy atom. The second kappa shape index (κ2) is 11.6. The maximum Gasteiger partial charge on any atom is 0.338 e. The van der Waals surface area contributed by atoms with Crippen LogP contribution in [-0.4, -0.2) is 30.2 Å². The molecule has 3 aromatic carbocycles. The van der Waals surface area contributed by atoms with E-state index in [9.17, 15) is 14.4 Å². The molecule has 0 fully saturated rings. The molecule has 2 aliphatic heterocycles. The normalized spacial score (nSPS) is 17.0. The van der Waals surface area contributed by atoms with Crippen LogP contribution in [0.25, 0.3) is 5.57 Å². The number of rotatable bonds is 6. The Balaban J connectivity index is 1.58. The molecule has 43 heavy (non-hydrogen) atoms. The summed E-state index contributed by atoms with van der Waals surface area (Å²) in [5, 5.41) is 0.549. The van der Waals surface area contributed by atoms with Gasteiger partial charge in [-0.3, -0.25) is 14.2 Å². The Hall–Kier alpha value is -3.99. The van der Waals surface area contributed by atoms with Crippen LogP contribution in [0.15, 0.2) is 92.3 Å². The zero-order chi connectivity index (χ0) is 30.4. The highest BCUT2D eigenvalue weighted by Gasteiger charge is 2.37. The monoisotopic (exact) mass is 677 g/mol. The van der Waals surface area contributed by atoms with Gasteiger partial charge in [-0.15, -0.1) is 0 Å². The number of anilines is 1. The van der Waals surface area contributed by atoms with Crippen molar-refractivity contribution in [2.45, 2.75) is 26.4 Å². The quantitative estimate of drug-likeness (QED) is 0.264. The van der Waals surface area contributed by atoms with Crippen LogP contribution in [0.1, 0.15) is 36.6 Å². The Bertz CT molecular complexity index is 2030. The van der Waals surface area contributed by atoms with E-state index in [0.29, 0.717) is 48.1 Å². The number of allylic oxidation sites excluding steroid dienone is 1. The van der Waals surface area contributed by atoms with Gasteiger partial charge in [-0.1, -0.05) is 65.4 Å². The minimum absolute atomic E-state index is 0.162. The Morgan fingerprint density at radius 2 is 1.84 bits per heavy atom. The predicted molar refractivity (Wildman–Crippen MR) is 169 cm³/mol. The Kier molecular flexibility index (Phi) is 7.85. The van der Waals surface area contributed by atoms with E-state index < -0.39 is 17.6 Å². The van der Waals surface area contributed by atoms with E-state index in [1.54, 1.807) is 44.1 Å². The molecule has 4 aromatic rings. The lowest BCUT2D eigenvalue weighted by molar-refractivity contribution is -0.139. The number of hydrogen-bond acceptors (Lipinski definition) is 7. The average Bonchev–Trinajstić information content (AvgIpc) is 3.45. The largest absolute Gasteiger partial charge is 0.496 e. The molecule has 1 atom stereocenters. The third-order valence-electron chi connectivity index (χ3n) is 7.42. The van der Waals surface area contributed by atoms with Crippen molar-refractivity contribution in [2.24, 2.45) is 4.99 Å². The first-order valence-electron chi connectivity index (χ1n) is 13.5. The Morgan fingerprint density at radius 1 is 1.09 bits per heavy atom. The van der Waals surface area contributed by atoms with Gasteiger partial charge in [0.2, 0.25) is 0 Å². The summed E-state index contributed by atoms with van der Waals surface area (Å²) in [7, 11) is 1.56. The molecule has 0 saturated carbocycles. The van der Waals surface area contributed by atoms with Crippen molar-refractivity contribution in [1.82, 2.24) is 4.57 Å². The van der Waals surface area contributed by atoms with E-state index in [1.807, 2.05) is 48.5 Å². The summed E-state index contributed by atoms with van der Waals surface area (Å²) >= 11 is 11.1. The summed E-state index contributed by atoms with van der Waals surface area (Å²) in [5.74, 6) is -0.271. The molecule has 1 aromatic heterocycles. The minimum Gasteiger partial charge on any atom is -0.496 e. The van der Waals surface area contributed by atoms with E-state index in [-0.39, 0.29) is 29.2 Å². The van der Waals surface area contributed by atoms with Crippen molar-refractivity contribution in [3.63, 3.8) is 0 Å². The molecule has 0 unspecified atom stereocenters. The molecule has 0 radical (unpaired) electrons. The number of ether oxygens (including phenoxy) is 2. The molecule has 6 rings (SSSR count). The molecule has 11 heteroatoms. The maximum atomic E-state index is 14.4. The predicted octanol–water partition coefficient (Wildman–Crippen LogP) is 5.14. The van der Waals surface area contributed by atoms with Crippen molar-refractivity contribution in [3.05, 3.63) is 124 Å². The number of carbonyl (C=O) groups is 2.